The van der Waals surface area contributed by atoms with E-state index in [0.717, 1.165) is 22.4 Å². The van der Waals surface area contributed by atoms with Crippen molar-refractivity contribution < 1.29 is 9.13 Å². The quantitative estimate of drug-likeness (QED) is 0.633. The van der Waals surface area contributed by atoms with Crippen molar-refractivity contribution in [1.82, 2.24) is 0 Å². The van der Waals surface area contributed by atoms with Crippen LogP contribution < -0.4 is 4.74 Å². The van der Waals surface area contributed by atoms with Crippen molar-refractivity contribution in [2.24, 2.45) is 0 Å². The van der Waals surface area contributed by atoms with Gasteiger partial charge in [0.1, 0.15) is 18.2 Å². The fourth-order valence-electron chi connectivity index (χ4n) is 1.90. The zero-order valence-electron chi connectivity index (χ0n) is 8.03. The highest BCUT2D eigenvalue weighted by Crippen LogP contribution is 2.37. The van der Waals surface area contributed by atoms with E-state index >= 15 is 0 Å². The average Bonchev–Trinajstić information content (AvgIpc) is 2.29. The van der Waals surface area contributed by atoms with Crippen LogP contribution in [0.5, 0.6) is 5.75 Å². The molecule has 1 nitrogen and oxygen atoms in total. The van der Waals surface area contributed by atoms with Gasteiger partial charge >= 0.3 is 0 Å². The summed E-state index contributed by atoms with van der Waals surface area (Å²) in [5.41, 5.74) is 3.02. The number of rotatable bonds is 0. The van der Waals surface area contributed by atoms with Gasteiger partial charge in [0.15, 0.2) is 0 Å². The molecule has 0 spiro atoms. The Kier molecular flexibility index (Phi) is 1.75. The number of hydrogen-bond acceptors (Lipinski definition) is 1. The Morgan fingerprint density at radius 1 is 1.00 bits per heavy atom. The molecule has 0 radical (unpaired) electrons. The van der Waals surface area contributed by atoms with E-state index in [-0.39, 0.29) is 5.82 Å². The van der Waals surface area contributed by atoms with Crippen LogP contribution >= 0.6 is 0 Å². The van der Waals surface area contributed by atoms with Gasteiger partial charge in [-0.2, -0.15) is 0 Å². The van der Waals surface area contributed by atoms with Gasteiger partial charge < -0.3 is 4.74 Å². The summed E-state index contributed by atoms with van der Waals surface area (Å²) in [6.07, 6.45) is 0. The molecule has 15 heavy (non-hydrogen) atoms. The molecular weight excluding hydrogens is 191 g/mol. The van der Waals surface area contributed by atoms with Gasteiger partial charge in [0, 0.05) is 5.56 Å². The van der Waals surface area contributed by atoms with Crippen LogP contribution in [0.15, 0.2) is 42.5 Å². The number of benzene rings is 2. The maximum absolute atomic E-state index is 13.1. The van der Waals surface area contributed by atoms with E-state index in [4.69, 9.17) is 4.74 Å². The summed E-state index contributed by atoms with van der Waals surface area (Å²) in [6.45, 7) is 0.564. The molecule has 0 N–H and O–H groups in total. The fraction of sp³-hybridized carbons (Fsp3) is 0.0769. The fourth-order valence-corrected chi connectivity index (χ4v) is 1.90. The second-order valence-electron chi connectivity index (χ2n) is 3.59. The van der Waals surface area contributed by atoms with Crippen LogP contribution in [-0.2, 0) is 6.61 Å². The van der Waals surface area contributed by atoms with Gasteiger partial charge in [-0.3, -0.25) is 0 Å². The van der Waals surface area contributed by atoms with E-state index in [0.29, 0.717) is 6.61 Å². The molecule has 0 saturated heterocycles. The van der Waals surface area contributed by atoms with Gasteiger partial charge in [-0.25, -0.2) is 4.39 Å². The van der Waals surface area contributed by atoms with E-state index in [1.165, 1.54) is 12.1 Å². The summed E-state index contributed by atoms with van der Waals surface area (Å²) >= 11 is 0. The van der Waals surface area contributed by atoms with Crippen LogP contribution in [0.4, 0.5) is 4.39 Å². The predicted octanol–water partition coefficient (Wildman–Crippen LogP) is 3.39. The van der Waals surface area contributed by atoms with E-state index in [9.17, 15) is 4.39 Å². The third-order valence-corrected chi connectivity index (χ3v) is 2.63. The van der Waals surface area contributed by atoms with Crippen molar-refractivity contribution in [2.75, 3.05) is 0 Å². The summed E-state index contributed by atoms with van der Waals surface area (Å²) in [6, 6.07) is 12.5. The van der Waals surface area contributed by atoms with Crippen molar-refractivity contribution in [2.45, 2.75) is 6.61 Å². The van der Waals surface area contributed by atoms with Crippen LogP contribution in [-0.4, -0.2) is 0 Å². The van der Waals surface area contributed by atoms with Gasteiger partial charge in [0.05, 0.1) is 0 Å². The average molecular weight is 200 g/mol. The molecule has 1 heterocycles. The number of ether oxygens (including phenoxy) is 1. The van der Waals surface area contributed by atoms with Crippen LogP contribution in [0.1, 0.15) is 5.56 Å². The van der Waals surface area contributed by atoms with E-state index in [2.05, 4.69) is 0 Å². The lowest BCUT2D eigenvalue weighted by molar-refractivity contribution is 0.302. The highest BCUT2D eigenvalue weighted by atomic mass is 19.1. The molecule has 3 rings (SSSR count). The first-order chi connectivity index (χ1) is 7.34. The van der Waals surface area contributed by atoms with Crippen molar-refractivity contribution >= 4 is 0 Å². The Balaban J connectivity index is 2.28. The van der Waals surface area contributed by atoms with Crippen LogP contribution in [0.3, 0.4) is 0 Å². The first-order valence-electron chi connectivity index (χ1n) is 4.85. The molecule has 2 aromatic carbocycles. The molecule has 0 bridgehead atoms. The molecule has 0 fully saturated rings. The van der Waals surface area contributed by atoms with Gasteiger partial charge in [-0.1, -0.05) is 24.3 Å². The lowest BCUT2D eigenvalue weighted by atomic mass is 9.97. The van der Waals surface area contributed by atoms with Crippen molar-refractivity contribution in [3.8, 4) is 16.9 Å². The molecule has 0 unspecified atom stereocenters. The minimum atomic E-state index is -0.228. The Labute approximate surface area is 87.1 Å². The zero-order valence-corrected chi connectivity index (χ0v) is 8.03. The Morgan fingerprint density at radius 2 is 1.87 bits per heavy atom. The van der Waals surface area contributed by atoms with Crippen LogP contribution in [0, 0.1) is 5.82 Å². The maximum atomic E-state index is 13.1. The molecule has 1 aliphatic rings. The lowest BCUT2D eigenvalue weighted by Crippen LogP contribution is -2.05. The Morgan fingerprint density at radius 3 is 2.80 bits per heavy atom. The predicted molar refractivity (Wildman–Crippen MR) is 56.2 cm³/mol. The summed E-state index contributed by atoms with van der Waals surface area (Å²) in [7, 11) is 0. The molecule has 2 aromatic rings. The summed E-state index contributed by atoms with van der Waals surface area (Å²) in [4.78, 5) is 0. The first kappa shape index (κ1) is 8.48. The molecule has 0 aliphatic carbocycles. The zero-order chi connectivity index (χ0) is 10.3. The summed E-state index contributed by atoms with van der Waals surface area (Å²) < 4.78 is 18.7. The van der Waals surface area contributed by atoms with Gasteiger partial charge in [-0.15, -0.1) is 0 Å². The molecule has 0 atom stereocenters. The standard InChI is InChI=1S/C13H9FO/c14-10-5-6-13-12(7-10)11-4-2-1-3-9(11)8-15-13/h1-7H,8H2. The third kappa shape index (κ3) is 1.30. The van der Waals surface area contributed by atoms with Gasteiger partial charge in [0.2, 0.25) is 0 Å². The summed E-state index contributed by atoms with van der Waals surface area (Å²) in [5.74, 6) is 0.532. The number of fused-ring (bicyclic) bond motifs is 3. The van der Waals surface area contributed by atoms with E-state index in [1.54, 1.807) is 6.07 Å². The maximum Gasteiger partial charge on any atom is 0.127 e. The van der Waals surface area contributed by atoms with Crippen LogP contribution in [0.2, 0.25) is 0 Å². The second-order valence-corrected chi connectivity index (χ2v) is 3.59. The number of hydrogen-bond donors (Lipinski definition) is 0. The monoisotopic (exact) mass is 200 g/mol. The Hall–Kier alpha value is -1.83. The van der Waals surface area contributed by atoms with E-state index in [1.807, 2.05) is 24.3 Å². The topological polar surface area (TPSA) is 9.23 Å². The van der Waals surface area contributed by atoms with Crippen molar-refractivity contribution in [3.63, 3.8) is 0 Å². The minimum Gasteiger partial charge on any atom is -0.488 e. The third-order valence-electron chi connectivity index (χ3n) is 2.63. The molecule has 74 valence electrons. The molecule has 2 heteroatoms. The summed E-state index contributed by atoms with van der Waals surface area (Å²) in [5, 5.41) is 0. The number of halogens is 1. The molecule has 0 aromatic heterocycles. The normalized spacial score (nSPS) is 12.6. The van der Waals surface area contributed by atoms with Crippen molar-refractivity contribution in [1.29, 1.82) is 0 Å². The SMILES string of the molecule is Fc1ccc2c(c1)-c1ccccc1CO2. The smallest absolute Gasteiger partial charge is 0.127 e. The van der Waals surface area contributed by atoms with Gasteiger partial charge in [0.25, 0.3) is 0 Å². The van der Waals surface area contributed by atoms with E-state index < -0.39 is 0 Å². The highest BCUT2D eigenvalue weighted by Gasteiger charge is 2.16. The molecular formula is C13H9FO. The molecule has 1 aliphatic heterocycles. The second kappa shape index (κ2) is 3.09. The largest absolute Gasteiger partial charge is 0.488 e. The molecule has 0 amide bonds. The van der Waals surface area contributed by atoms with Crippen LogP contribution in [0.25, 0.3) is 11.1 Å². The van der Waals surface area contributed by atoms with Crippen molar-refractivity contribution in [3.05, 3.63) is 53.8 Å². The molecule has 0 saturated carbocycles. The minimum absolute atomic E-state index is 0.228. The highest BCUT2D eigenvalue weighted by molar-refractivity contribution is 5.74. The van der Waals surface area contributed by atoms with Gasteiger partial charge in [-0.05, 0) is 29.3 Å². The Bertz CT molecular complexity index is 520. The lowest BCUT2D eigenvalue weighted by Gasteiger charge is -2.20. The first-order valence-corrected chi connectivity index (χ1v) is 4.85.